The molecule has 1 amide bonds. The van der Waals surface area contributed by atoms with E-state index in [1.165, 1.54) is 5.56 Å². The molecule has 1 saturated heterocycles. The zero-order chi connectivity index (χ0) is 18.7. The molecule has 2 aliphatic heterocycles. The molecule has 1 aromatic carbocycles. The summed E-state index contributed by atoms with van der Waals surface area (Å²) in [5, 5.41) is 8.93. The number of fused-ring (bicyclic) bond motifs is 1. The SMILES string of the molecule is CC1CCc2ccccc2N1C(=O)CN1CCC(N(C)CC(=O)O)CC1.Cl. The van der Waals surface area contributed by atoms with Gasteiger partial charge in [-0.05, 0) is 51.3 Å². The van der Waals surface area contributed by atoms with Crippen LogP contribution in [-0.4, -0.2) is 72.1 Å². The van der Waals surface area contributed by atoms with Crippen molar-refractivity contribution in [3.05, 3.63) is 29.8 Å². The molecule has 1 aromatic rings. The molecule has 0 radical (unpaired) electrons. The predicted molar refractivity (Wildman–Crippen MR) is 109 cm³/mol. The van der Waals surface area contributed by atoms with Crippen LogP contribution in [0.5, 0.6) is 0 Å². The molecule has 1 atom stereocenters. The predicted octanol–water partition coefficient (Wildman–Crippen LogP) is 2.26. The summed E-state index contributed by atoms with van der Waals surface area (Å²) in [5.41, 5.74) is 2.32. The number of hydrogen-bond acceptors (Lipinski definition) is 4. The number of piperidine rings is 1. The lowest BCUT2D eigenvalue weighted by Crippen LogP contribution is -2.50. The largest absolute Gasteiger partial charge is 0.480 e. The van der Waals surface area contributed by atoms with Crippen LogP contribution in [0.3, 0.4) is 0 Å². The molecule has 0 saturated carbocycles. The first-order valence-electron chi connectivity index (χ1n) is 9.50. The van der Waals surface area contributed by atoms with Crippen LogP contribution in [0.2, 0.25) is 0 Å². The first-order chi connectivity index (χ1) is 12.5. The molecular formula is C20H30ClN3O3. The molecule has 0 bridgehead atoms. The molecule has 2 heterocycles. The summed E-state index contributed by atoms with van der Waals surface area (Å²) in [6.45, 7) is 4.31. The molecule has 1 N–H and O–H groups in total. The van der Waals surface area contributed by atoms with E-state index in [0.717, 1.165) is 44.5 Å². The Balaban J connectivity index is 0.00000261. The van der Waals surface area contributed by atoms with E-state index in [2.05, 4.69) is 24.0 Å². The van der Waals surface area contributed by atoms with Gasteiger partial charge in [0.2, 0.25) is 5.91 Å². The van der Waals surface area contributed by atoms with Crippen molar-refractivity contribution >= 4 is 30.0 Å². The number of anilines is 1. The molecule has 27 heavy (non-hydrogen) atoms. The third kappa shape index (κ3) is 5.21. The number of para-hydroxylation sites is 1. The number of carbonyl (C=O) groups is 2. The highest BCUT2D eigenvalue weighted by atomic mass is 35.5. The summed E-state index contributed by atoms with van der Waals surface area (Å²) < 4.78 is 0. The van der Waals surface area contributed by atoms with Crippen LogP contribution in [0.15, 0.2) is 24.3 Å². The van der Waals surface area contributed by atoms with Crippen LogP contribution in [0.1, 0.15) is 31.7 Å². The zero-order valence-corrected chi connectivity index (χ0v) is 17.0. The number of hydrogen-bond donors (Lipinski definition) is 1. The Morgan fingerprint density at radius 2 is 1.85 bits per heavy atom. The van der Waals surface area contributed by atoms with Crippen LogP contribution >= 0.6 is 12.4 Å². The van der Waals surface area contributed by atoms with Crippen molar-refractivity contribution in [3.8, 4) is 0 Å². The van der Waals surface area contributed by atoms with Crippen LogP contribution in [0.4, 0.5) is 5.69 Å². The van der Waals surface area contributed by atoms with E-state index in [1.807, 2.05) is 29.0 Å². The number of carboxylic acid groups (broad SMARTS) is 1. The fraction of sp³-hybridized carbons (Fsp3) is 0.600. The number of likely N-dealkylation sites (N-methyl/N-ethyl adjacent to an activating group) is 1. The van der Waals surface area contributed by atoms with E-state index in [-0.39, 0.29) is 36.9 Å². The van der Waals surface area contributed by atoms with Crippen molar-refractivity contribution in [2.24, 2.45) is 0 Å². The quantitative estimate of drug-likeness (QED) is 0.828. The minimum Gasteiger partial charge on any atom is -0.480 e. The first-order valence-corrected chi connectivity index (χ1v) is 9.50. The second-order valence-corrected chi connectivity index (χ2v) is 7.60. The summed E-state index contributed by atoms with van der Waals surface area (Å²) in [6, 6.07) is 8.72. The second-order valence-electron chi connectivity index (χ2n) is 7.60. The Labute approximate surface area is 167 Å². The van der Waals surface area contributed by atoms with Crippen molar-refractivity contribution in [1.82, 2.24) is 9.80 Å². The van der Waals surface area contributed by atoms with Gasteiger partial charge in [-0.1, -0.05) is 18.2 Å². The van der Waals surface area contributed by atoms with Crippen LogP contribution in [0.25, 0.3) is 0 Å². The standard InChI is InChI=1S/C20H29N3O3.ClH/c1-15-7-8-16-5-3-4-6-18(16)23(15)19(24)13-22-11-9-17(10-12-22)21(2)14-20(25)26;/h3-6,15,17H,7-14H2,1-2H3,(H,25,26);1H. The lowest BCUT2D eigenvalue weighted by atomic mass is 9.96. The first kappa shape index (κ1) is 21.7. The molecule has 0 aromatic heterocycles. The van der Waals surface area contributed by atoms with Gasteiger partial charge >= 0.3 is 5.97 Å². The monoisotopic (exact) mass is 395 g/mol. The lowest BCUT2D eigenvalue weighted by molar-refractivity contribution is -0.138. The van der Waals surface area contributed by atoms with Gasteiger partial charge < -0.3 is 10.0 Å². The Morgan fingerprint density at radius 3 is 2.52 bits per heavy atom. The fourth-order valence-electron chi connectivity index (χ4n) is 4.20. The summed E-state index contributed by atoms with van der Waals surface area (Å²) in [5.74, 6) is -0.621. The van der Waals surface area contributed by atoms with E-state index in [9.17, 15) is 9.59 Å². The third-order valence-corrected chi connectivity index (χ3v) is 5.72. The molecular weight excluding hydrogens is 366 g/mol. The maximum absolute atomic E-state index is 13.0. The number of likely N-dealkylation sites (tertiary alicyclic amines) is 1. The normalized spacial score (nSPS) is 20.9. The molecule has 150 valence electrons. The minimum atomic E-state index is -0.789. The molecule has 1 unspecified atom stereocenters. The Hall–Kier alpha value is -1.63. The topological polar surface area (TPSA) is 64.1 Å². The highest BCUT2D eigenvalue weighted by molar-refractivity contribution is 5.96. The number of aliphatic carboxylic acids is 1. The number of rotatable bonds is 5. The van der Waals surface area contributed by atoms with Crippen molar-refractivity contribution in [1.29, 1.82) is 0 Å². The summed E-state index contributed by atoms with van der Waals surface area (Å²) in [4.78, 5) is 29.9. The van der Waals surface area contributed by atoms with E-state index in [4.69, 9.17) is 5.11 Å². The molecule has 1 fully saturated rings. The van der Waals surface area contributed by atoms with E-state index >= 15 is 0 Å². The number of benzene rings is 1. The molecule has 0 aliphatic carbocycles. The van der Waals surface area contributed by atoms with E-state index in [1.54, 1.807) is 0 Å². The minimum absolute atomic E-state index is 0. The molecule has 2 aliphatic rings. The van der Waals surface area contributed by atoms with Crippen LogP contribution in [-0.2, 0) is 16.0 Å². The number of amides is 1. The number of nitrogens with zero attached hydrogens (tertiary/aromatic N) is 3. The van der Waals surface area contributed by atoms with Gasteiger partial charge in [0.25, 0.3) is 0 Å². The second kappa shape index (κ2) is 9.53. The summed E-state index contributed by atoms with van der Waals surface area (Å²) in [6.07, 6.45) is 3.85. The number of carbonyl (C=O) groups excluding carboxylic acids is 1. The average Bonchev–Trinajstić information content (AvgIpc) is 2.61. The summed E-state index contributed by atoms with van der Waals surface area (Å²) in [7, 11) is 1.87. The lowest BCUT2D eigenvalue weighted by Gasteiger charge is -2.39. The highest BCUT2D eigenvalue weighted by Crippen LogP contribution is 2.30. The maximum atomic E-state index is 13.0. The molecule has 6 nitrogen and oxygen atoms in total. The highest BCUT2D eigenvalue weighted by Gasteiger charge is 2.30. The fourth-order valence-corrected chi connectivity index (χ4v) is 4.20. The van der Waals surface area contributed by atoms with Crippen molar-refractivity contribution < 1.29 is 14.7 Å². The molecule has 7 heteroatoms. The number of aryl methyl sites for hydroxylation is 1. The van der Waals surface area contributed by atoms with Gasteiger partial charge in [0.05, 0.1) is 13.1 Å². The van der Waals surface area contributed by atoms with Gasteiger partial charge in [0.15, 0.2) is 0 Å². The Bertz CT molecular complexity index is 662. The van der Waals surface area contributed by atoms with Gasteiger partial charge in [-0.15, -0.1) is 12.4 Å². The van der Waals surface area contributed by atoms with Gasteiger partial charge in [-0.25, -0.2) is 0 Å². The van der Waals surface area contributed by atoms with Crippen molar-refractivity contribution in [2.75, 3.05) is 38.1 Å². The van der Waals surface area contributed by atoms with Gasteiger partial charge in [-0.3, -0.25) is 19.4 Å². The van der Waals surface area contributed by atoms with Crippen molar-refractivity contribution in [3.63, 3.8) is 0 Å². The number of carboxylic acids is 1. The summed E-state index contributed by atoms with van der Waals surface area (Å²) >= 11 is 0. The Kier molecular flexibility index (Phi) is 7.65. The van der Waals surface area contributed by atoms with E-state index < -0.39 is 5.97 Å². The maximum Gasteiger partial charge on any atom is 0.317 e. The average molecular weight is 396 g/mol. The molecule has 0 spiro atoms. The van der Waals surface area contributed by atoms with Crippen molar-refractivity contribution in [2.45, 2.75) is 44.7 Å². The van der Waals surface area contributed by atoms with Gasteiger partial charge in [-0.2, -0.15) is 0 Å². The van der Waals surface area contributed by atoms with Crippen LogP contribution in [0, 0.1) is 0 Å². The molecule has 3 rings (SSSR count). The van der Waals surface area contributed by atoms with Gasteiger partial charge in [0.1, 0.15) is 0 Å². The smallest absolute Gasteiger partial charge is 0.317 e. The van der Waals surface area contributed by atoms with E-state index in [0.29, 0.717) is 6.54 Å². The van der Waals surface area contributed by atoms with Crippen LogP contribution < -0.4 is 4.90 Å². The van der Waals surface area contributed by atoms with Gasteiger partial charge in [0, 0.05) is 30.9 Å². The third-order valence-electron chi connectivity index (χ3n) is 5.72. The number of halogens is 1. The Morgan fingerprint density at radius 1 is 1.19 bits per heavy atom. The zero-order valence-electron chi connectivity index (χ0n) is 16.1.